The van der Waals surface area contributed by atoms with E-state index in [0.29, 0.717) is 46.0 Å². The summed E-state index contributed by atoms with van der Waals surface area (Å²) >= 11 is 6.46. The van der Waals surface area contributed by atoms with Gasteiger partial charge < -0.3 is 35.1 Å². The maximum atomic E-state index is 15.3. The number of nitrogens with one attached hydrogen (secondary N) is 3. The topological polar surface area (TPSA) is 135 Å². The number of benzene rings is 4. The monoisotopic (exact) mass is 700 g/mol. The van der Waals surface area contributed by atoms with Gasteiger partial charge in [-0.15, -0.1) is 0 Å². The molecular formula is C37H34ClFN4O7. The van der Waals surface area contributed by atoms with Crippen molar-refractivity contribution in [1.82, 2.24) is 15.5 Å². The van der Waals surface area contributed by atoms with E-state index in [1.165, 1.54) is 38.3 Å². The summed E-state index contributed by atoms with van der Waals surface area (Å²) in [6, 6.07) is 20.1. The molecule has 0 saturated carbocycles. The van der Waals surface area contributed by atoms with Gasteiger partial charge in [-0.1, -0.05) is 29.8 Å². The predicted molar refractivity (Wildman–Crippen MR) is 184 cm³/mol. The van der Waals surface area contributed by atoms with Gasteiger partial charge in [0.2, 0.25) is 5.91 Å². The van der Waals surface area contributed by atoms with Gasteiger partial charge in [0, 0.05) is 50.3 Å². The largest absolute Gasteiger partial charge is 0.496 e. The fraction of sp³-hybridized carbons (Fsp3) is 0.243. The molecule has 258 valence electrons. The van der Waals surface area contributed by atoms with Crippen LogP contribution in [0.15, 0.2) is 78.9 Å². The van der Waals surface area contributed by atoms with Crippen molar-refractivity contribution in [1.29, 1.82) is 0 Å². The Hall–Kier alpha value is -5.62. The van der Waals surface area contributed by atoms with Gasteiger partial charge in [0.05, 0.1) is 29.3 Å². The first-order valence-corrected chi connectivity index (χ1v) is 16.3. The minimum Gasteiger partial charge on any atom is -0.496 e. The fourth-order valence-electron chi connectivity index (χ4n) is 5.94. The summed E-state index contributed by atoms with van der Waals surface area (Å²) in [5.41, 5.74) is 2.36. The van der Waals surface area contributed by atoms with Crippen molar-refractivity contribution >= 4 is 40.9 Å². The van der Waals surface area contributed by atoms with E-state index >= 15 is 4.39 Å². The van der Waals surface area contributed by atoms with E-state index in [1.807, 2.05) is 0 Å². The van der Waals surface area contributed by atoms with Crippen LogP contribution >= 0.6 is 11.6 Å². The SMILES string of the molecule is COc1cc2ccc1CNC(=O)COc1cccc(c1)-c1ccc(F)c(c1)C(=O)N[C@@H]1CN(C(=O)c3ccc(NC(C)=O)cc3Cl)CC[C@@H]1O2. The zero-order valence-corrected chi connectivity index (χ0v) is 28.0. The summed E-state index contributed by atoms with van der Waals surface area (Å²) in [6.45, 7) is 1.61. The van der Waals surface area contributed by atoms with Crippen molar-refractivity contribution in [2.24, 2.45) is 0 Å². The van der Waals surface area contributed by atoms with Gasteiger partial charge in [-0.2, -0.15) is 0 Å². The van der Waals surface area contributed by atoms with Gasteiger partial charge in [-0.05, 0) is 65.7 Å². The molecule has 13 heteroatoms. The molecule has 0 aliphatic carbocycles. The normalized spacial score (nSPS) is 17.6. The number of carbonyl (C=O) groups is 4. The Morgan fingerprint density at radius 2 is 1.82 bits per heavy atom. The Kier molecular flexibility index (Phi) is 10.2. The maximum Gasteiger partial charge on any atom is 0.258 e. The molecule has 2 atom stereocenters. The van der Waals surface area contributed by atoms with Crippen LogP contribution in [0.3, 0.4) is 0 Å². The molecule has 3 aliphatic rings. The van der Waals surface area contributed by atoms with E-state index in [1.54, 1.807) is 59.5 Å². The highest BCUT2D eigenvalue weighted by Gasteiger charge is 2.36. The molecule has 3 aliphatic heterocycles. The minimum absolute atomic E-state index is 0.0287. The molecule has 11 nitrogen and oxygen atoms in total. The molecule has 3 N–H and O–H groups in total. The third-order valence-corrected chi connectivity index (χ3v) is 8.76. The van der Waals surface area contributed by atoms with E-state index < -0.39 is 23.9 Å². The van der Waals surface area contributed by atoms with Crippen LogP contribution in [0.2, 0.25) is 5.02 Å². The predicted octanol–water partition coefficient (Wildman–Crippen LogP) is 5.21. The summed E-state index contributed by atoms with van der Waals surface area (Å²) < 4.78 is 32.9. The minimum atomic E-state index is -0.770. The number of rotatable bonds is 3. The van der Waals surface area contributed by atoms with Crippen LogP contribution < -0.4 is 30.2 Å². The van der Waals surface area contributed by atoms with Gasteiger partial charge in [0.1, 0.15) is 29.2 Å². The molecule has 3 heterocycles. The zero-order valence-electron chi connectivity index (χ0n) is 27.3. The number of methoxy groups -OCH3 is 1. The van der Waals surface area contributed by atoms with Crippen LogP contribution in [-0.2, 0) is 16.1 Å². The second-order valence-corrected chi connectivity index (χ2v) is 12.3. The standard InChI is InChI=1S/C37H34ClFN4O7/c1-21(44)41-25-8-10-28(30(38)16-25)37(47)43-13-12-33-32(19-43)42-36(46)29-15-23(7-11-31(29)39)22-4-3-5-26(14-22)49-20-35(45)40-18-24-6-9-27(50-33)17-34(24)48-2/h3-11,14-17,32-33H,12-13,18-20H2,1-2H3,(H,40,45)(H,41,44)(H,42,46)/t32-,33+/m1/s1. The molecule has 1 saturated heterocycles. The summed E-state index contributed by atoms with van der Waals surface area (Å²) in [5, 5.41) is 8.54. The summed E-state index contributed by atoms with van der Waals surface area (Å²) in [6.07, 6.45) is -0.310. The van der Waals surface area contributed by atoms with Crippen LogP contribution in [0.1, 0.15) is 39.6 Å². The van der Waals surface area contributed by atoms with Gasteiger partial charge in [0.25, 0.3) is 17.7 Å². The van der Waals surface area contributed by atoms with Crippen LogP contribution in [0.25, 0.3) is 11.1 Å². The summed E-state index contributed by atoms with van der Waals surface area (Å²) in [5.74, 6) is -1.11. The van der Waals surface area contributed by atoms with E-state index in [2.05, 4.69) is 16.0 Å². The van der Waals surface area contributed by atoms with Crippen molar-refractivity contribution in [3.05, 3.63) is 106 Å². The zero-order chi connectivity index (χ0) is 35.4. The average molecular weight is 701 g/mol. The van der Waals surface area contributed by atoms with Gasteiger partial charge in [-0.3, -0.25) is 19.2 Å². The van der Waals surface area contributed by atoms with Crippen LogP contribution in [0.5, 0.6) is 17.2 Å². The summed E-state index contributed by atoms with van der Waals surface area (Å²) in [4.78, 5) is 53.2. The first kappa shape index (κ1) is 34.3. The lowest BCUT2D eigenvalue weighted by Gasteiger charge is -2.39. The first-order valence-electron chi connectivity index (χ1n) is 15.9. The Balaban J connectivity index is 1.34. The molecule has 0 unspecified atom stereocenters. The molecule has 50 heavy (non-hydrogen) atoms. The molecule has 6 bridgehead atoms. The number of anilines is 1. The number of ether oxygens (including phenoxy) is 3. The number of carbonyl (C=O) groups excluding carboxylic acids is 4. The second kappa shape index (κ2) is 14.9. The van der Waals surface area contributed by atoms with E-state index in [0.717, 1.165) is 0 Å². The number of fused-ring (bicyclic) bond motifs is 7. The number of nitrogens with zero attached hydrogens (tertiary/aromatic N) is 1. The lowest BCUT2D eigenvalue weighted by molar-refractivity contribution is -0.123. The Bertz CT molecular complexity index is 1970. The lowest BCUT2D eigenvalue weighted by atomic mass is 9.98. The Labute approximate surface area is 292 Å². The highest BCUT2D eigenvalue weighted by Crippen LogP contribution is 2.30. The number of amides is 4. The number of hydrogen-bond acceptors (Lipinski definition) is 7. The number of piperidine rings is 1. The van der Waals surface area contributed by atoms with Crippen LogP contribution in [-0.4, -0.2) is 67.5 Å². The number of likely N-dealkylation sites (tertiary alicyclic amines) is 1. The quantitative estimate of drug-likeness (QED) is 0.267. The van der Waals surface area contributed by atoms with Crippen molar-refractivity contribution < 1.29 is 37.8 Å². The van der Waals surface area contributed by atoms with E-state index in [-0.39, 0.29) is 60.1 Å². The maximum absolute atomic E-state index is 15.3. The third-order valence-electron chi connectivity index (χ3n) is 8.44. The molecule has 0 radical (unpaired) electrons. The van der Waals surface area contributed by atoms with Crippen LogP contribution in [0, 0.1) is 5.82 Å². The Morgan fingerprint density at radius 3 is 2.60 bits per heavy atom. The van der Waals surface area contributed by atoms with Gasteiger partial charge >= 0.3 is 0 Å². The molecule has 4 aromatic rings. The smallest absolute Gasteiger partial charge is 0.258 e. The third kappa shape index (κ3) is 7.81. The molecule has 4 aromatic carbocycles. The van der Waals surface area contributed by atoms with Crippen molar-refractivity contribution in [3.63, 3.8) is 0 Å². The summed E-state index contributed by atoms with van der Waals surface area (Å²) in [7, 11) is 1.50. The average Bonchev–Trinajstić information content (AvgIpc) is 3.10. The van der Waals surface area contributed by atoms with Crippen molar-refractivity contribution in [3.8, 4) is 28.4 Å². The van der Waals surface area contributed by atoms with E-state index in [9.17, 15) is 19.2 Å². The highest BCUT2D eigenvalue weighted by atomic mass is 35.5. The van der Waals surface area contributed by atoms with Crippen molar-refractivity contribution in [2.45, 2.75) is 32.0 Å². The second-order valence-electron chi connectivity index (χ2n) is 11.9. The fourth-order valence-corrected chi connectivity index (χ4v) is 6.20. The first-order chi connectivity index (χ1) is 24.1. The molecule has 1 fully saturated rings. The number of hydrogen-bond donors (Lipinski definition) is 3. The van der Waals surface area contributed by atoms with E-state index in [4.69, 9.17) is 25.8 Å². The van der Waals surface area contributed by atoms with Gasteiger partial charge in [-0.25, -0.2) is 4.39 Å². The van der Waals surface area contributed by atoms with Crippen molar-refractivity contribution in [2.75, 3.05) is 32.1 Å². The highest BCUT2D eigenvalue weighted by molar-refractivity contribution is 6.34. The lowest BCUT2D eigenvalue weighted by Crippen LogP contribution is -2.58. The molecule has 4 amide bonds. The molecule has 0 spiro atoms. The van der Waals surface area contributed by atoms with Gasteiger partial charge in [0.15, 0.2) is 6.61 Å². The molecular weight excluding hydrogens is 667 g/mol. The molecule has 7 rings (SSSR count). The number of halogens is 2. The van der Waals surface area contributed by atoms with Crippen LogP contribution in [0.4, 0.5) is 10.1 Å². The Morgan fingerprint density at radius 1 is 1.00 bits per heavy atom. The molecule has 0 aromatic heterocycles.